The van der Waals surface area contributed by atoms with Crippen LogP contribution in [0.2, 0.25) is 0 Å². The van der Waals surface area contributed by atoms with E-state index in [0.717, 1.165) is 11.5 Å². The Balaban J connectivity index is 1.50. The van der Waals surface area contributed by atoms with Crippen LogP contribution in [0.4, 0.5) is 5.69 Å². The Kier molecular flexibility index (Phi) is 4.97. The van der Waals surface area contributed by atoms with Gasteiger partial charge in [0, 0.05) is 43.2 Å². The van der Waals surface area contributed by atoms with Crippen LogP contribution in [0, 0.1) is 0 Å². The topological polar surface area (TPSA) is 75.4 Å². The van der Waals surface area contributed by atoms with E-state index in [4.69, 9.17) is 4.52 Å². The Hall–Kier alpha value is -2.89. The van der Waals surface area contributed by atoms with Gasteiger partial charge in [-0.05, 0) is 43.2 Å². The van der Waals surface area contributed by atoms with Gasteiger partial charge in [0.15, 0.2) is 0 Å². The van der Waals surface area contributed by atoms with Crippen LogP contribution in [0.1, 0.15) is 40.6 Å². The predicted molar refractivity (Wildman–Crippen MR) is 94.6 cm³/mol. The standard InChI is InChI=1S/C19H21N3O3/c1-3-18(23)22(2)16-8-6-14(7-9-16)19(24)20-11-10-15-12-17(25-21-15)13-4-5-13/h3,6-9,12-13H,1,4-5,10-11H2,2H3,(H,20,24). The number of benzene rings is 1. The molecule has 6 heteroatoms. The maximum Gasteiger partial charge on any atom is 0.251 e. The number of anilines is 1. The Bertz CT molecular complexity index is 775. The molecule has 1 heterocycles. The number of hydrogen-bond donors (Lipinski definition) is 1. The second-order valence-corrected chi connectivity index (χ2v) is 6.15. The number of nitrogens with one attached hydrogen (secondary N) is 1. The molecule has 0 unspecified atom stereocenters. The molecular weight excluding hydrogens is 318 g/mol. The van der Waals surface area contributed by atoms with Crippen molar-refractivity contribution in [1.82, 2.24) is 10.5 Å². The summed E-state index contributed by atoms with van der Waals surface area (Å²) in [6.07, 6.45) is 4.24. The van der Waals surface area contributed by atoms with Crippen molar-refractivity contribution in [3.05, 3.63) is 60.0 Å². The van der Waals surface area contributed by atoms with Gasteiger partial charge in [0.2, 0.25) is 5.91 Å². The SMILES string of the molecule is C=CC(=O)N(C)c1ccc(C(=O)NCCc2cc(C3CC3)on2)cc1. The van der Waals surface area contributed by atoms with Gasteiger partial charge in [-0.3, -0.25) is 9.59 Å². The molecule has 130 valence electrons. The van der Waals surface area contributed by atoms with Gasteiger partial charge in [0.1, 0.15) is 5.76 Å². The highest BCUT2D eigenvalue weighted by Gasteiger charge is 2.27. The molecule has 0 spiro atoms. The van der Waals surface area contributed by atoms with Crippen molar-refractivity contribution in [3.8, 4) is 0 Å². The Morgan fingerprint density at radius 1 is 1.36 bits per heavy atom. The largest absolute Gasteiger partial charge is 0.361 e. The molecule has 0 radical (unpaired) electrons. The molecule has 1 aliphatic rings. The van der Waals surface area contributed by atoms with Crippen molar-refractivity contribution in [2.45, 2.75) is 25.2 Å². The molecule has 0 bridgehead atoms. The molecule has 1 aromatic carbocycles. The number of amides is 2. The minimum atomic E-state index is -0.199. The fourth-order valence-electron chi connectivity index (χ4n) is 2.51. The third kappa shape index (κ3) is 4.15. The van der Waals surface area contributed by atoms with Crippen molar-refractivity contribution in [3.63, 3.8) is 0 Å². The highest BCUT2D eigenvalue weighted by atomic mass is 16.5. The first-order valence-electron chi connectivity index (χ1n) is 8.32. The number of nitrogens with zero attached hydrogens (tertiary/aromatic N) is 2. The molecular formula is C19H21N3O3. The molecule has 2 amide bonds. The minimum absolute atomic E-state index is 0.157. The van der Waals surface area contributed by atoms with E-state index in [1.54, 1.807) is 31.3 Å². The van der Waals surface area contributed by atoms with E-state index >= 15 is 0 Å². The van der Waals surface area contributed by atoms with Crippen molar-refractivity contribution < 1.29 is 14.1 Å². The lowest BCUT2D eigenvalue weighted by molar-refractivity contribution is -0.113. The van der Waals surface area contributed by atoms with Crippen LogP contribution in [-0.4, -0.2) is 30.6 Å². The van der Waals surface area contributed by atoms with Crippen molar-refractivity contribution in [2.24, 2.45) is 0 Å². The first-order chi connectivity index (χ1) is 12.1. The molecule has 1 aromatic heterocycles. The van der Waals surface area contributed by atoms with Crippen molar-refractivity contribution in [2.75, 3.05) is 18.5 Å². The van der Waals surface area contributed by atoms with Gasteiger partial charge in [-0.25, -0.2) is 0 Å². The second kappa shape index (κ2) is 7.34. The van der Waals surface area contributed by atoms with E-state index in [-0.39, 0.29) is 11.8 Å². The fourth-order valence-corrected chi connectivity index (χ4v) is 2.51. The molecule has 1 fully saturated rings. The normalized spacial score (nSPS) is 13.3. The summed E-state index contributed by atoms with van der Waals surface area (Å²) >= 11 is 0. The predicted octanol–water partition coefficient (Wildman–Crippen LogP) is 2.67. The molecule has 1 aliphatic carbocycles. The first kappa shape index (κ1) is 17.0. The van der Waals surface area contributed by atoms with Gasteiger partial charge >= 0.3 is 0 Å². The summed E-state index contributed by atoms with van der Waals surface area (Å²) in [5.41, 5.74) is 2.11. The van der Waals surface area contributed by atoms with Gasteiger partial charge in [0.25, 0.3) is 5.91 Å². The Morgan fingerprint density at radius 3 is 2.72 bits per heavy atom. The zero-order valence-electron chi connectivity index (χ0n) is 14.2. The molecule has 6 nitrogen and oxygen atoms in total. The second-order valence-electron chi connectivity index (χ2n) is 6.15. The van der Waals surface area contributed by atoms with Crippen LogP contribution in [0.5, 0.6) is 0 Å². The quantitative estimate of drug-likeness (QED) is 0.787. The number of carbonyl (C=O) groups excluding carboxylic acids is 2. The maximum absolute atomic E-state index is 12.2. The third-order valence-electron chi connectivity index (χ3n) is 4.25. The molecule has 0 saturated heterocycles. The number of aromatic nitrogens is 1. The highest BCUT2D eigenvalue weighted by Crippen LogP contribution is 2.40. The van der Waals surface area contributed by atoms with E-state index in [9.17, 15) is 9.59 Å². The van der Waals surface area contributed by atoms with Crippen LogP contribution < -0.4 is 10.2 Å². The van der Waals surface area contributed by atoms with Gasteiger partial charge in [-0.2, -0.15) is 0 Å². The Labute approximate surface area is 146 Å². The molecule has 2 aromatic rings. The van der Waals surface area contributed by atoms with Gasteiger partial charge < -0.3 is 14.7 Å². The minimum Gasteiger partial charge on any atom is -0.361 e. The van der Waals surface area contributed by atoms with E-state index in [2.05, 4.69) is 17.1 Å². The van der Waals surface area contributed by atoms with Crippen LogP contribution in [0.3, 0.4) is 0 Å². The smallest absolute Gasteiger partial charge is 0.251 e. The van der Waals surface area contributed by atoms with Crippen LogP contribution in [0.25, 0.3) is 0 Å². The van der Waals surface area contributed by atoms with Crippen molar-refractivity contribution in [1.29, 1.82) is 0 Å². The lowest BCUT2D eigenvalue weighted by atomic mass is 10.1. The molecule has 1 N–H and O–H groups in total. The van der Waals surface area contributed by atoms with Crippen LogP contribution in [0.15, 0.2) is 47.5 Å². The molecule has 25 heavy (non-hydrogen) atoms. The van der Waals surface area contributed by atoms with Gasteiger partial charge in [-0.15, -0.1) is 0 Å². The fraction of sp³-hybridized carbons (Fsp3) is 0.316. The molecule has 1 saturated carbocycles. The monoisotopic (exact) mass is 339 g/mol. The average molecular weight is 339 g/mol. The van der Waals surface area contributed by atoms with Gasteiger partial charge in [-0.1, -0.05) is 11.7 Å². The average Bonchev–Trinajstić information content (AvgIpc) is 3.39. The maximum atomic E-state index is 12.2. The summed E-state index contributed by atoms with van der Waals surface area (Å²) in [5, 5.41) is 6.90. The lowest BCUT2D eigenvalue weighted by Crippen LogP contribution is -2.26. The summed E-state index contributed by atoms with van der Waals surface area (Å²) in [7, 11) is 1.66. The summed E-state index contributed by atoms with van der Waals surface area (Å²) in [6.45, 7) is 3.95. The summed E-state index contributed by atoms with van der Waals surface area (Å²) in [5.74, 6) is 1.14. The van der Waals surface area contributed by atoms with E-state index in [1.807, 2.05) is 6.07 Å². The number of hydrogen-bond acceptors (Lipinski definition) is 4. The number of carbonyl (C=O) groups is 2. The molecule has 0 atom stereocenters. The van der Waals surface area contributed by atoms with Gasteiger partial charge in [0.05, 0.1) is 5.69 Å². The summed E-state index contributed by atoms with van der Waals surface area (Å²) in [4.78, 5) is 25.2. The van der Waals surface area contributed by atoms with Crippen molar-refractivity contribution >= 4 is 17.5 Å². The van der Waals surface area contributed by atoms with Crippen LogP contribution >= 0.6 is 0 Å². The van der Waals surface area contributed by atoms with Crippen LogP contribution in [-0.2, 0) is 11.2 Å². The zero-order valence-corrected chi connectivity index (χ0v) is 14.2. The summed E-state index contributed by atoms with van der Waals surface area (Å²) < 4.78 is 5.29. The number of likely N-dealkylation sites (N-methyl/N-ethyl adjacent to an activating group) is 1. The summed E-state index contributed by atoms with van der Waals surface area (Å²) in [6, 6.07) is 8.83. The van der Waals surface area contributed by atoms with E-state index in [0.29, 0.717) is 30.1 Å². The molecule has 0 aliphatic heterocycles. The molecule has 3 rings (SSSR count). The third-order valence-corrected chi connectivity index (χ3v) is 4.25. The number of rotatable bonds is 7. The zero-order chi connectivity index (χ0) is 17.8. The first-order valence-corrected chi connectivity index (χ1v) is 8.32. The van der Waals surface area contributed by atoms with E-state index in [1.165, 1.54) is 23.8 Å². The highest BCUT2D eigenvalue weighted by molar-refractivity contribution is 6.01. The lowest BCUT2D eigenvalue weighted by Gasteiger charge is -2.15. The Morgan fingerprint density at radius 2 is 2.08 bits per heavy atom. The van der Waals surface area contributed by atoms with E-state index < -0.39 is 0 Å².